The first-order valence-electron chi connectivity index (χ1n) is 5.66. The summed E-state index contributed by atoms with van der Waals surface area (Å²) < 4.78 is 10.6. The van der Waals surface area contributed by atoms with E-state index in [2.05, 4.69) is 0 Å². The lowest BCUT2D eigenvalue weighted by atomic mass is 9.93. The summed E-state index contributed by atoms with van der Waals surface area (Å²) >= 11 is 0. The van der Waals surface area contributed by atoms with Crippen molar-refractivity contribution in [3.63, 3.8) is 0 Å². The molecule has 16 heavy (non-hydrogen) atoms. The number of likely N-dealkylation sites (tertiary alicyclic amines) is 1. The Morgan fingerprint density at radius 3 is 2.56 bits per heavy atom. The summed E-state index contributed by atoms with van der Waals surface area (Å²) in [6.07, 6.45) is 0.537. The largest absolute Gasteiger partial charge is 0.444 e. The summed E-state index contributed by atoms with van der Waals surface area (Å²) in [5.74, 6) is 0. The van der Waals surface area contributed by atoms with E-state index in [9.17, 15) is 4.79 Å². The highest BCUT2D eigenvalue weighted by atomic mass is 16.6. The van der Waals surface area contributed by atoms with E-state index in [0.717, 1.165) is 6.42 Å². The average Bonchev–Trinajstić information content (AvgIpc) is 2.39. The zero-order valence-corrected chi connectivity index (χ0v) is 10.2. The molecule has 0 saturated carbocycles. The number of nitrogens with zero attached hydrogens (tertiary/aromatic N) is 1. The highest BCUT2D eigenvalue weighted by molar-refractivity contribution is 5.70. The van der Waals surface area contributed by atoms with Crippen molar-refractivity contribution in [2.75, 3.05) is 19.8 Å². The van der Waals surface area contributed by atoms with Gasteiger partial charge in [-0.05, 0) is 27.2 Å². The van der Waals surface area contributed by atoms with Gasteiger partial charge in [0.15, 0.2) is 0 Å². The summed E-state index contributed by atoms with van der Waals surface area (Å²) in [6.45, 7) is 7.33. The quantitative estimate of drug-likeness (QED) is 0.663. The van der Waals surface area contributed by atoms with Crippen LogP contribution in [-0.2, 0) is 9.47 Å². The molecule has 1 atom stereocenters. The van der Waals surface area contributed by atoms with Crippen molar-refractivity contribution < 1.29 is 14.3 Å². The van der Waals surface area contributed by atoms with Crippen LogP contribution >= 0.6 is 0 Å². The van der Waals surface area contributed by atoms with Gasteiger partial charge in [-0.15, -0.1) is 0 Å². The van der Waals surface area contributed by atoms with Gasteiger partial charge in [0, 0.05) is 12.6 Å². The maximum atomic E-state index is 12.0. The van der Waals surface area contributed by atoms with Crippen LogP contribution in [0.15, 0.2) is 0 Å². The van der Waals surface area contributed by atoms with Crippen molar-refractivity contribution >= 4 is 6.09 Å². The van der Waals surface area contributed by atoms with Gasteiger partial charge in [-0.3, -0.25) is 4.90 Å². The topological polar surface area (TPSA) is 64.8 Å². The second-order valence-corrected chi connectivity index (χ2v) is 5.77. The van der Waals surface area contributed by atoms with E-state index in [0.29, 0.717) is 19.8 Å². The number of carbonyl (C=O) groups is 1. The monoisotopic (exact) mass is 228 g/mol. The molecule has 2 heterocycles. The molecule has 2 aliphatic rings. The van der Waals surface area contributed by atoms with E-state index in [1.807, 2.05) is 20.8 Å². The molecular weight excluding hydrogens is 208 g/mol. The van der Waals surface area contributed by atoms with Gasteiger partial charge in [-0.1, -0.05) is 0 Å². The first-order valence-corrected chi connectivity index (χ1v) is 5.66. The summed E-state index contributed by atoms with van der Waals surface area (Å²) in [6, 6.07) is 0.0384. The number of amides is 1. The second-order valence-electron chi connectivity index (χ2n) is 5.77. The zero-order chi connectivity index (χ0) is 12.0. The number of ether oxygens (including phenoxy) is 2. The van der Waals surface area contributed by atoms with Crippen LogP contribution in [0.25, 0.3) is 0 Å². The molecule has 2 rings (SSSR count). The van der Waals surface area contributed by atoms with Crippen molar-refractivity contribution in [3.8, 4) is 0 Å². The van der Waals surface area contributed by atoms with Gasteiger partial charge in [0.25, 0.3) is 0 Å². The van der Waals surface area contributed by atoms with Gasteiger partial charge in [0.1, 0.15) is 5.60 Å². The maximum absolute atomic E-state index is 12.0. The number of hydrogen-bond acceptors (Lipinski definition) is 4. The van der Waals surface area contributed by atoms with E-state index in [1.165, 1.54) is 0 Å². The van der Waals surface area contributed by atoms with Gasteiger partial charge >= 0.3 is 6.09 Å². The third-order valence-electron chi connectivity index (χ3n) is 2.99. The summed E-state index contributed by atoms with van der Waals surface area (Å²) in [5.41, 5.74) is 5.25. The van der Waals surface area contributed by atoms with Gasteiger partial charge in [-0.25, -0.2) is 4.79 Å². The molecule has 0 unspecified atom stereocenters. The maximum Gasteiger partial charge on any atom is 0.410 e. The number of nitrogens with two attached hydrogens (primary N) is 1. The number of hydrogen-bond donors (Lipinski definition) is 1. The molecule has 2 fully saturated rings. The molecule has 0 radical (unpaired) electrons. The van der Waals surface area contributed by atoms with Crippen molar-refractivity contribution in [3.05, 3.63) is 0 Å². The fourth-order valence-electron chi connectivity index (χ4n) is 2.29. The first-order chi connectivity index (χ1) is 7.32. The third kappa shape index (κ3) is 2.01. The van der Waals surface area contributed by atoms with E-state index in [4.69, 9.17) is 15.2 Å². The molecule has 0 aliphatic carbocycles. The molecule has 2 N–H and O–H groups in total. The summed E-state index contributed by atoms with van der Waals surface area (Å²) in [5, 5.41) is 0. The van der Waals surface area contributed by atoms with Crippen molar-refractivity contribution in [2.24, 2.45) is 5.73 Å². The van der Waals surface area contributed by atoms with Crippen LogP contribution in [0.5, 0.6) is 0 Å². The minimum atomic E-state index is -0.463. The molecule has 1 spiro atoms. The van der Waals surface area contributed by atoms with Crippen LogP contribution in [0.2, 0.25) is 0 Å². The Balaban J connectivity index is 2.05. The number of rotatable bonds is 0. The summed E-state index contributed by atoms with van der Waals surface area (Å²) in [7, 11) is 0. The molecular formula is C11H20N2O3. The van der Waals surface area contributed by atoms with Crippen LogP contribution in [0.1, 0.15) is 27.2 Å². The normalized spacial score (nSPS) is 28.0. The first kappa shape index (κ1) is 11.7. The molecule has 92 valence electrons. The Hall–Kier alpha value is -0.810. The predicted molar refractivity (Wildman–Crippen MR) is 59.1 cm³/mol. The standard InChI is InChI=1S/C11H20N2O3/c1-10(2,3)16-9(14)13-5-8(12)4-11(13)6-15-7-11/h8H,4-7,12H2,1-3H3/t8-/m1/s1. The minimum Gasteiger partial charge on any atom is -0.444 e. The van der Waals surface area contributed by atoms with Crippen LogP contribution in [-0.4, -0.2) is 47.9 Å². The fraction of sp³-hybridized carbons (Fsp3) is 0.909. The van der Waals surface area contributed by atoms with E-state index in [-0.39, 0.29) is 17.7 Å². The van der Waals surface area contributed by atoms with E-state index < -0.39 is 5.60 Å². The average molecular weight is 228 g/mol. The van der Waals surface area contributed by atoms with E-state index in [1.54, 1.807) is 4.90 Å². The molecule has 2 aliphatic heterocycles. The highest BCUT2D eigenvalue weighted by Gasteiger charge is 2.53. The second kappa shape index (κ2) is 3.60. The smallest absolute Gasteiger partial charge is 0.410 e. The van der Waals surface area contributed by atoms with Crippen molar-refractivity contribution in [2.45, 2.75) is 44.4 Å². The number of carbonyl (C=O) groups excluding carboxylic acids is 1. The summed E-state index contributed by atoms with van der Waals surface area (Å²) in [4.78, 5) is 13.7. The van der Waals surface area contributed by atoms with Crippen LogP contribution < -0.4 is 5.73 Å². The Morgan fingerprint density at radius 2 is 2.12 bits per heavy atom. The highest BCUT2D eigenvalue weighted by Crippen LogP contribution is 2.36. The third-order valence-corrected chi connectivity index (χ3v) is 2.99. The van der Waals surface area contributed by atoms with Crippen LogP contribution in [0, 0.1) is 0 Å². The van der Waals surface area contributed by atoms with Gasteiger partial charge in [-0.2, -0.15) is 0 Å². The van der Waals surface area contributed by atoms with Crippen molar-refractivity contribution in [1.29, 1.82) is 0 Å². The molecule has 5 nitrogen and oxygen atoms in total. The molecule has 0 aromatic rings. The predicted octanol–water partition coefficient (Wildman–Crippen LogP) is 0.723. The molecule has 0 bridgehead atoms. The van der Waals surface area contributed by atoms with E-state index >= 15 is 0 Å². The van der Waals surface area contributed by atoms with Gasteiger partial charge < -0.3 is 15.2 Å². The SMILES string of the molecule is CC(C)(C)OC(=O)N1C[C@H](N)CC12COC2. The lowest BCUT2D eigenvalue weighted by molar-refractivity contribution is -0.120. The Morgan fingerprint density at radius 1 is 1.50 bits per heavy atom. The molecule has 0 aromatic heterocycles. The lowest BCUT2D eigenvalue weighted by Gasteiger charge is -2.44. The molecule has 5 heteroatoms. The minimum absolute atomic E-state index is 0.0384. The lowest BCUT2D eigenvalue weighted by Crippen LogP contribution is -2.61. The van der Waals surface area contributed by atoms with Crippen molar-refractivity contribution in [1.82, 2.24) is 4.90 Å². The van der Waals surface area contributed by atoms with Gasteiger partial charge in [0.2, 0.25) is 0 Å². The molecule has 2 saturated heterocycles. The fourth-order valence-corrected chi connectivity index (χ4v) is 2.29. The molecule has 0 aromatic carbocycles. The van der Waals surface area contributed by atoms with Crippen LogP contribution in [0.4, 0.5) is 4.79 Å². The Labute approximate surface area is 95.9 Å². The zero-order valence-electron chi connectivity index (χ0n) is 10.2. The van der Waals surface area contributed by atoms with Gasteiger partial charge in [0.05, 0.1) is 18.8 Å². The molecule has 1 amide bonds. The Bertz CT molecular complexity index is 294. The Kier molecular flexibility index (Phi) is 2.62. The van der Waals surface area contributed by atoms with Crippen LogP contribution in [0.3, 0.4) is 0 Å².